The Morgan fingerprint density at radius 1 is 0.941 bits per heavy atom. The SMILES string of the molecule is CCCCCCCCSc1cc(C)ccc1C. The highest BCUT2D eigenvalue weighted by atomic mass is 32.2. The summed E-state index contributed by atoms with van der Waals surface area (Å²) < 4.78 is 0. The Bertz CT molecular complexity index is 317. The van der Waals surface area contributed by atoms with Gasteiger partial charge in [-0.15, -0.1) is 11.8 Å². The number of aryl methyl sites for hydroxylation is 2. The summed E-state index contributed by atoms with van der Waals surface area (Å²) in [7, 11) is 0. The molecule has 0 radical (unpaired) electrons. The van der Waals surface area contributed by atoms with Crippen LogP contribution in [-0.4, -0.2) is 5.75 Å². The predicted octanol–water partition coefficient (Wildman–Crippen LogP) is 5.76. The van der Waals surface area contributed by atoms with Gasteiger partial charge >= 0.3 is 0 Å². The summed E-state index contributed by atoms with van der Waals surface area (Å²) in [5, 5.41) is 0. The normalized spacial score (nSPS) is 10.8. The lowest BCUT2D eigenvalue weighted by molar-refractivity contribution is 0.627. The molecule has 1 aromatic carbocycles. The highest BCUT2D eigenvalue weighted by molar-refractivity contribution is 7.99. The van der Waals surface area contributed by atoms with E-state index in [9.17, 15) is 0 Å². The van der Waals surface area contributed by atoms with Crippen molar-refractivity contribution in [1.82, 2.24) is 0 Å². The third-order valence-corrected chi connectivity index (χ3v) is 4.34. The van der Waals surface area contributed by atoms with E-state index < -0.39 is 0 Å². The van der Waals surface area contributed by atoms with E-state index in [1.54, 1.807) is 0 Å². The van der Waals surface area contributed by atoms with Gasteiger partial charge in [-0.05, 0) is 37.7 Å². The van der Waals surface area contributed by atoms with E-state index >= 15 is 0 Å². The number of unbranched alkanes of at least 4 members (excludes halogenated alkanes) is 5. The van der Waals surface area contributed by atoms with Crippen molar-refractivity contribution in [3.8, 4) is 0 Å². The van der Waals surface area contributed by atoms with Gasteiger partial charge in [-0.2, -0.15) is 0 Å². The van der Waals surface area contributed by atoms with Crippen LogP contribution in [0.4, 0.5) is 0 Å². The van der Waals surface area contributed by atoms with Gasteiger partial charge in [-0.3, -0.25) is 0 Å². The molecule has 0 saturated heterocycles. The fourth-order valence-corrected chi connectivity index (χ4v) is 3.06. The average Bonchev–Trinajstić information content (AvgIpc) is 2.32. The molecular formula is C16H26S. The lowest BCUT2D eigenvalue weighted by Gasteiger charge is -2.06. The van der Waals surface area contributed by atoms with Crippen molar-refractivity contribution in [3.05, 3.63) is 29.3 Å². The highest BCUT2D eigenvalue weighted by Crippen LogP contribution is 2.24. The lowest BCUT2D eigenvalue weighted by atomic mass is 10.1. The number of rotatable bonds is 8. The van der Waals surface area contributed by atoms with Crippen LogP contribution < -0.4 is 0 Å². The Labute approximate surface area is 111 Å². The zero-order valence-electron chi connectivity index (χ0n) is 11.6. The van der Waals surface area contributed by atoms with Crippen LogP contribution in [0, 0.1) is 13.8 Å². The second kappa shape index (κ2) is 8.63. The molecule has 0 N–H and O–H groups in total. The largest absolute Gasteiger partial charge is 0.126 e. The highest BCUT2D eigenvalue weighted by Gasteiger charge is 1.99. The van der Waals surface area contributed by atoms with Gasteiger partial charge in [0.15, 0.2) is 0 Å². The minimum atomic E-state index is 1.27. The van der Waals surface area contributed by atoms with E-state index in [2.05, 4.69) is 39.0 Å². The third kappa shape index (κ3) is 6.16. The molecule has 0 aliphatic carbocycles. The monoisotopic (exact) mass is 250 g/mol. The van der Waals surface area contributed by atoms with Crippen LogP contribution in [-0.2, 0) is 0 Å². The molecule has 96 valence electrons. The van der Waals surface area contributed by atoms with Gasteiger partial charge < -0.3 is 0 Å². The molecule has 17 heavy (non-hydrogen) atoms. The van der Waals surface area contributed by atoms with Gasteiger partial charge in [-0.25, -0.2) is 0 Å². The van der Waals surface area contributed by atoms with Crippen LogP contribution in [0.25, 0.3) is 0 Å². The van der Waals surface area contributed by atoms with Gasteiger partial charge in [0, 0.05) is 4.90 Å². The molecule has 0 bridgehead atoms. The van der Waals surface area contributed by atoms with Gasteiger partial charge in [0.25, 0.3) is 0 Å². The third-order valence-electron chi connectivity index (χ3n) is 3.10. The molecule has 0 heterocycles. The minimum absolute atomic E-state index is 1.27. The molecule has 1 heteroatoms. The van der Waals surface area contributed by atoms with Gasteiger partial charge in [0.05, 0.1) is 0 Å². The van der Waals surface area contributed by atoms with Crippen molar-refractivity contribution in [2.45, 2.75) is 64.2 Å². The molecule has 0 aliphatic rings. The van der Waals surface area contributed by atoms with Crippen LogP contribution >= 0.6 is 11.8 Å². The summed E-state index contributed by atoms with van der Waals surface area (Å²) >= 11 is 2.02. The van der Waals surface area contributed by atoms with Crippen LogP contribution in [0.3, 0.4) is 0 Å². The molecule has 0 amide bonds. The summed E-state index contributed by atoms with van der Waals surface area (Å²) in [6.07, 6.45) is 8.35. The number of benzene rings is 1. The molecule has 1 aromatic rings. The smallest absolute Gasteiger partial charge is 0.0104 e. The first-order chi connectivity index (χ1) is 8.24. The van der Waals surface area contributed by atoms with Crippen molar-refractivity contribution in [2.75, 3.05) is 5.75 Å². The van der Waals surface area contributed by atoms with E-state index in [4.69, 9.17) is 0 Å². The Morgan fingerprint density at radius 3 is 2.41 bits per heavy atom. The molecular weight excluding hydrogens is 224 g/mol. The van der Waals surface area contributed by atoms with Gasteiger partial charge in [0.1, 0.15) is 0 Å². The van der Waals surface area contributed by atoms with Crippen LogP contribution in [0.5, 0.6) is 0 Å². The number of hydrogen-bond acceptors (Lipinski definition) is 1. The zero-order valence-corrected chi connectivity index (χ0v) is 12.4. The molecule has 0 atom stereocenters. The minimum Gasteiger partial charge on any atom is -0.126 e. The predicted molar refractivity (Wildman–Crippen MR) is 80.0 cm³/mol. The molecule has 1 rings (SSSR count). The quantitative estimate of drug-likeness (QED) is 0.418. The van der Waals surface area contributed by atoms with Crippen molar-refractivity contribution >= 4 is 11.8 Å². The zero-order chi connectivity index (χ0) is 12.5. The topological polar surface area (TPSA) is 0 Å². The van der Waals surface area contributed by atoms with E-state index in [0.717, 1.165) is 0 Å². The summed E-state index contributed by atoms with van der Waals surface area (Å²) in [5.74, 6) is 1.27. The standard InChI is InChI=1S/C16H26S/c1-4-5-6-7-8-9-12-17-16-13-14(2)10-11-15(16)3/h10-11,13H,4-9,12H2,1-3H3. The Morgan fingerprint density at radius 2 is 1.65 bits per heavy atom. The van der Waals surface area contributed by atoms with E-state index in [-0.39, 0.29) is 0 Å². The van der Waals surface area contributed by atoms with Gasteiger partial charge in [-0.1, -0.05) is 56.7 Å². The molecule has 0 unspecified atom stereocenters. The van der Waals surface area contributed by atoms with Crippen molar-refractivity contribution in [3.63, 3.8) is 0 Å². The molecule has 0 aliphatic heterocycles. The summed E-state index contributed by atoms with van der Waals surface area (Å²) in [5.41, 5.74) is 2.80. The van der Waals surface area contributed by atoms with E-state index in [1.807, 2.05) is 11.8 Å². The summed E-state index contributed by atoms with van der Waals surface area (Å²) in [6.45, 7) is 6.66. The first-order valence-electron chi connectivity index (χ1n) is 6.94. The molecule has 0 fully saturated rings. The maximum absolute atomic E-state index is 2.32. The second-order valence-electron chi connectivity index (χ2n) is 4.89. The van der Waals surface area contributed by atoms with Crippen LogP contribution in [0.1, 0.15) is 56.6 Å². The average molecular weight is 250 g/mol. The first-order valence-corrected chi connectivity index (χ1v) is 7.92. The molecule has 0 spiro atoms. The Kier molecular flexibility index (Phi) is 7.43. The molecule has 0 saturated carbocycles. The lowest BCUT2D eigenvalue weighted by Crippen LogP contribution is -1.86. The van der Waals surface area contributed by atoms with Gasteiger partial charge in [0.2, 0.25) is 0 Å². The number of hydrogen-bond donors (Lipinski definition) is 0. The number of thioether (sulfide) groups is 1. The van der Waals surface area contributed by atoms with E-state index in [1.165, 1.54) is 60.3 Å². The molecule has 0 aromatic heterocycles. The van der Waals surface area contributed by atoms with Crippen LogP contribution in [0.15, 0.2) is 23.1 Å². The Balaban J connectivity index is 2.15. The van der Waals surface area contributed by atoms with Crippen molar-refractivity contribution in [2.24, 2.45) is 0 Å². The fourth-order valence-electron chi connectivity index (χ4n) is 1.93. The maximum atomic E-state index is 2.32. The fraction of sp³-hybridized carbons (Fsp3) is 0.625. The van der Waals surface area contributed by atoms with E-state index in [0.29, 0.717) is 0 Å². The first kappa shape index (κ1) is 14.6. The maximum Gasteiger partial charge on any atom is 0.0104 e. The summed E-state index contributed by atoms with van der Waals surface area (Å²) in [6, 6.07) is 6.75. The van der Waals surface area contributed by atoms with Crippen molar-refractivity contribution < 1.29 is 0 Å². The second-order valence-corrected chi connectivity index (χ2v) is 6.02. The molecule has 0 nitrogen and oxygen atoms in total. The summed E-state index contributed by atoms with van der Waals surface area (Å²) in [4.78, 5) is 1.47. The van der Waals surface area contributed by atoms with Crippen molar-refractivity contribution in [1.29, 1.82) is 0 Å². The Hall–Kier alpha value is -0.430. The van der Waals surface area contributed by atoms with Crippen LogP contribution in [0.2, 0.25) is 0 Å².